The summed E-state index contributed by atoms with van der Waals surface area (Å²) < 4.78 is 13.3. The van der Waals surface area contributed by atoms with Gasteiger partial charge in [-0.1, -0.05) is 35.9 Å². The highest BCUT2D eigenvalue weighted by atomic mass is 16.6. The molecule has 0 aliphatic carbocycles. The number of ether oxygens (including phenoxy) is 2. The Morgan fingerprint density at radius 2 is 1.93 bits per heavy atom. The molecular weight excluding hydrogens is 366 g/mol. The molecule has 1 unspecified atom stereocenters. The Morgan fingerprint density at radius 3 is 2.76 bits per heavy atom. The summed E-state index contributed by atoms with van der Waals surface area (Å²) in [5, 5.41) is 7.81. The predicted molar refractivity (Wildman–Crippen MR) is 110 cm³/mol. The molecule has 6 heteroatoms. The molecule has 0 saturated heterocycles. The van der Waals surface area contributed by atoms with Crippen LogP contribution < -0.4 is 14.8 Å². The van der Waals surface area contributed by atoms with Crippen LogP contribution in [0.15, 0.2) is 42.5 Å². The van der Waals surface area contributed by atoms with Gasteiger partial charge in [0, 0.05) is 17.9 Å². The monoisotopic (exact) mass is 389 g/mol. The third-order valence-electron chi connectivity index (χ3n) is 5.55. The van der Waals surface area contributed by atoms with Crippen LogP contribution in [0.5, 0.6) is 11.5 Å². The summed E-state index contributed by atoms with van der Waals surface area (Å²) in [4.78, 5) is 12.6. The first kappa shape index (κ1) is 17.8. The van der Waals surface area contributed by atoms with E-state index in [4.69, 9.17) is 14.6 Å². The van der Waals surface area contributed by atoms with Crippen LogP contribution in [0.1, 0.15) is 40.3 Å². The third kappa shape index (κ3) is 3.24. The van der Waals surface area contributed by atoms with Crippen LogP contribution in [-0.2, 0) is 11.3 Å². The largest absolute Gasteiger partial charge is 0.486 e. The Labute approximate surface area is 169 Å². The number of hydrogen-bond acceptors (Lipinski definition) is 4. The van der Waals surface area contributed by atoms with Gasteiger partial charge in [-0.25, -0.2) is 4.68 Å². The second-order valence-electron chi connectivity index (χ2n) is 7.70. The van der Waals surface area contributed by atoms with E-state index in [2.05, 4.69) is 30.4 Å². The minimum atomic E-state index is -0.0548. The van der Waals surface area contributed by atoms with Crippen LogP contribution in [0.2, 0.25) is 0 Å². The van der Waals surface area contributed by atoms with E-state index in [0.717, 1.165) is 39.7 Å². The molecule has 2 aliphatic heterocycles. The van der Waals surface area contributed by atoms with Gasteiger partial charge in [-0.15, -0.1) is 0 Å². The van der Waals surface area contributed by atoms with E-state index in [1.807, 2.05) is 35.9 Å². The van der Waals surface area contributed by atoms with Crippen molar-refractivity contribution < 1.29 is 14.3 Å². The van der Waals surface area contributed by atoms with Crippen LogP contribution >= 0.6 is 0 Å². The maximum atomic E-state index is 12.6. The van der Waals surface area contributed by atoms with Crippen molar-refractivity contribution in [3.8, 4) is 11.5 Å². The number of aromatic nitrogens is 2. The van der Waals surface area contributed by atoms with Gasteiger partial charge >= 0.3 is 0 Å². The van der Waals surface area contributed by atoms with Crippen molar-refractivity contribution >= 4 is 11.7 Å². The number of aryl methyl sites for hydroxylation is 2. The van der Waals surface area contributed by atoms with Crippen molar-refractivity contribution in [3.63, 3.8) is 0 Å². The van der Waals surface area contributed by atoms with E-state index in [1.165, 1.54) is 5.56 Å². The number of rotatable bonds is 3. The first-order valence-corrected chi connectivity index (χ1v) is 9.91. The lowest BCUT2D eigenvalue weighted by molar-refractivity contribution is -0.116. The van der Waals surface area contributed by atoms with E-state index in [0.29, 0.717) is 26.2 Å². The van der Waals surface area contributed by atoms with Crippen LogP contribution in [0, 0.1) is 13.8 Å². The lowest BCUT2D eigenvalue weighted by Crippen LogP contribution is -2.25. The predicted octanol–water partition coefficient (Wildman–Crippen LogP) is 3.79. The van der Waals surface area contributed by atoms with Crippen molar-refractivity contribution in [3.05, 3.63) is 70.4 Å². The summed E-state index contributed by atoms with van der Waals surface area (Å²) >= 11 is 0. The standard InChI is InChI=1S/C23H23N3O3/c1-14-4-3-5-16(10-14)13-26-23-22(15(2)25-26)18(12-21(27)24-23)17-6-7-19-20(11-17)29-9-8-28-19/h3-7,10-11,18H,8-9,12-13H2,1-2H3,(H,24,27). The SMILES string of the molecule is Cc1cccc(Cn2nc(C)c3c2NC(=O)CC3c2ccc3c(c2)OCCO3)c1. The van der Waals surface area contributed by atoms with Gasteiger partial charge in [0.25, 0.3) is 0 Å². The average Bonchev–Trinajstić information content (AvgIpc) is 3.02. The Bertz CT molecular complexity index is 1100. The fraction of sp³-hybridized carbons (Fsp3) is 0.304. The molecule has 2 aliphatic rings. The molecule has 0 fully saturated rings. The van der Waals surface area contributed by atoms with Crippen molar-refractivity contribution in [1.82, 2.24) is 9.78 Å². The van der Waals surface area contributed by atoms with Gasteiger partial charge in [0.2, 0.25) is 5.91 Å². The minimum Gasteiger partial charge on any atom is -0.486 e. The zero-order valence-corrected chi connectivity index (χ0v) is 16.6. The number of carbonyl (C=O) groups is 1. The van der Waals surface area contributed by atoms with Gasteiger partial charge in [-0.2, -0.15) is 5.10 Å². The Hall–Kier alpha value is -3.28. The zero-order valence-electron chi connectivity index (χ0n) is 16.6. The smallest absolute Gasteiger partial charge is 0.226 e. The van der Waals surface area contributed by atoms with Crippen molar-refractivity contribution in [2.45, 2.75) is 32.7 Å². The Balaban J connectivity index is 1.54. The van der Waals surface area contributed by atoms with E-state index in [1.54, 1.807) is 0 Å². The molecule has 1 atom stereocenters. The maximum Gasteiger partial charge on any atom is 0.226 e. The number of hydrogen-bond donors (Lipinski definition) is 1. The number of anilines is 1. The van der Waals surface area contributed by atoms with Crippen LogP contribution in [0.4, 0.5) is 5.82 Å². The van der Waals surface area contributed by atoms with Crippen LogP contribution in [0.3, 0.4) is 0 Å². The quantitative estimate of drug-likeness (QED) is 0.740. The highest BCUT2D eigenvalue weighted by Crippen LogP contribution is 2.42. The molecule has 1 aromatic heterocycles. The number of fused-ring (bicyclic) bond motifs is 2. The molecule has 3 aromatic rings. The van der Waals surface area contributed by atoms with Crippen molar-refractivity contribution in [1.29, 1.82) is 0 Å². The van der Waals surface area contributed by atoms with Gasteiger partial charge < -0.3 is 14.8 Å². The fourth-order valence-electron chi connectivity index (χ4n) is 4.27. The Kier molecular flexibility index (Phi) is 4.27. The van der Waals surface area contributed by atoms with Gasteiger partial charge in [0.1, 0.15) is 19.0 Å². The summed E-state index contributed by atoms with van der Waals surface area (Å²) in [5.41, 5.74) is 5.43. The molecule has 1 N–H and O–H groups in total. The molecule has 3 heterocycles. The summed E-state index contributed by atoms with van der Waals surface area (Å²) in [5.74, 6) is 2.24. The number of benzene rings is 2. The molecular formula is C23H23N3O3. The van der Waals surface area contributed by atoms with E-state index < -0.39 is 0 Å². The molecule has 1 amide bonds. The normalized spacial score (nSPS) is 17.6. The van der Waals surface area contributed by atoms with Crippen molar-refractivity contribution in [2.75, 3.05) is 18.5 Å². The molecule has 148 valence electrons. The average molecular weight is 389 g/mol. The van der Waals surface area contributed by atoms with Gasteiger partial charge in [0.05, 0.1) is 12.2 Å². The number of nitrogens with zero attached hydrogens (tertiary/aromatic N) is 2. The summed E-state index contributed by atoms with van der Waals surface area (Å²) in [7, 11) is 0. The number of amides is 1. The molecule has 29 heavy (non-hydrogen) atoms. The fourth-order valence-corrected chi connectivity index (χ4v) is 4.27. The second-order valence-corrected chi connectivity index (χ2v) is 7.70. The van der Waals surface area contributed by atoms with E-state index in [9.17, 15) is 4.79 Å². The van der Waals surface area contributed by atoms with Crippen LogP contribution in [-0.4, -0.2) is 28.9 Å². The highest BCUT2D eigenvalue weighted by Gasteiger charge is 2.33. The molecule has 0 spiro atoms. The zero-order chi connectivity index (χ0) is 20.0. The molecule has 0 bridgehead atoms. The van der Waals surface area contributed by atoms with Crippen molar-refractivity contribution in [2.24, 2.45) is 0 Å². The molecule has 5 rings (SSSR count). The molecule has 2 aromatic carbocycles. The number of nitrogens with one attached hydrogen (secondary N) is 1. The lowest BCUT2D eigenvalue weighted by Gasteiger charge is -2.26. The first-order valence-electron chi connectivity index (χ1n) is 9.91. The highest BCUT2D eigenvalue weighted by molar-refractivity contribution is 5.94. The summed E-state index contributed by atoms with van der Waals surface area (Å²) in [6.45, 7) is 5.81. The first-order chi connectivity index (χ1) is 14.1. The van der Waals surface area contributed by atoms with Gasteiger partial charge in [0.15, 0.2) is 11.5 Å². The molecule has 0 radical (unpaired) electrons. The lowest BCUT2D eigenvalue weighted by atomic mass is 9.85. The topological polar surface area (TPSA) is 65.4 Å². The molecule has 0 saturated carbocycles. The summed E-state index contributed by atoms with van der Waals surface area (Å²) in [6.07, 6.45) is 0.392. The van der Waals surface area contributed by atoms with E-state index >= 15 is 0 Å². The summed E-state index contributed by atoms with van der Waals surface area (Å²) in [6, 6.07) is 14.3. The molecule has 6 nitrogen and oxygen atoms in total. The number of carbonyl (C=O) groups excluding carboxylic acids is 1. The minimum absolute atomic E-state index is 0.00258. The maximum absolute atomic E-state index is 12.6. The van der Waals surface area contributed by atoms with Gasteiger partial charge in [-0.05, 0) is 37.1 Å². The van der Waals surface area contributed by atoms with E-state index in [-0.39, 0.29) is 11.8 Å². The van der Waals surface area contributed by atoms with Crippen LogP contribution in [0.25, 0.3) is 0 Å². The Morgan fingerprint density at radius 1 is 1.10 bits per heavy atom. The third-order valence-corrected chi connectivity index (χ3v) is 5.55. The van der Waals surface area contributed by atoms with Gasteiger partial charge in [-0.3, -0.25) is 4.79 Å². The second kappa shape index (κ2) is 6.95.